The summed E-state index contributed by atoms with van der Waals surface area (Å²) in [5.41, 5.74) is 1.88. The van der Waals surface area contributed by atoms with Crippen LogP contribution in [0, 0.1) is 5.92 Å². The fourth-order valence-corrected chi connectivity index (χ4v) is 4.93. The van der Waals surface area contributed by atoms with E-state index in [0.717, 1.165) is 0 Å². The van der Waals surface area contributed by atoms with Gasteiger partial charge in [-0.25, -0.2) is 4.79 Å². The molecular formula is C32H30ClN3O6. The third kappa shape index (κ3) is 6.92. The molecule has 10 heteroatoms. The van der Waals surface area contributed by atoms with E-state index in [4.69, 9.17) is 11.6 Å². The SMILES string of the molecule is CC(C)[C@H]1C(=O)N(CC(=O)N[C@@H](Cc2ccccc2)C(=O)C(=O)O)C(c2ccccc2)=CN1C(=O)c1ccc(Cl)cc1. The number of aliphatic carboxylic acids is 1. The van der Waals surface area contributed by atoms with Gasteiger partial charge in [0.15, 0.2) is 0 Å². The normalized spacial score (nSPS) is 15.7. The van der Waals surface area contributed by atoms with Gasteiger partial charge in [0.05, 0.1) is 5.70 Å². The third-order valence-electron chi connectivity index (χ3n) is 6.84. The second-order valence-corrected chi connectivity index (χ2v) is 10.6. The van der Waals surface area contributed by atoms with Crippen molar-refractivity contribution in [3.05, 3.63) is 113 Å². The highest BCUT2D eigenvalue weighted by Crippen LogP contribution is 2.31. The molecule has 0 saturated heterocycles. The smallest absolute Gasteiger partial charge is 0.374 e. The Balaban J connectivity index is 1.68. The van der Waals surface area contributed by atoms with Crippen molar-refractivity contribution < 1.29 is 29.1 Å². The largest absolute Gasteiger partial charge is 0.475 e. The molecule has 0 aliphatic carbocycles. The molecular weight excluding hydrogens is 558 g/mol. The van der Waals surface area contributed by atoms with E-state index < -0.39 is 48.1 Å². The van der Waals surface area contributed by atoms with Gasteiger partial charge in [0.1, 0.15) is 18.6 Å². The van der Waals surface area contributed by atoms with Crippen LogP contribution in [0.1, 0.15) is 35.3 Å². The van der Waals surface area contributed by atoms with Crippen LogP contribution in [0.4, 0.5) is 0 Å². The Hall–Kier alpha value is -4.76. The Morgan fingerprint density at radius 1 is 0.905 bits per heavy atom. The first-order valence-corrected chi connectivity index (χ1v) is 13.7. The van der Waals surface area contributed by atoms with E-state index in [9.17, 15) is 29.1 Å². The maximum atomic E-state index is 14.0. The van der Waals surface area contributed by atoms with Crippen LogP contribution in [0.2, 0.25) is 5.02 Å². The zero-order valence-electron chi connectivity index (χ0n) is 23.1. The molecule has 0 bridgehead atoms. The number of Topliss-reactive ketones (excluding diaryl/α,β-unsaturated/α-hetero) is 1. The predicted octanol–water partition coefficient (Wildman–Crippen LogP) is 4.03. The minimum absolute atomic E-state index is 0.0367. The van der Waals surface area contributed by atoms with Gasteiger partial charge < -0.3 is 15.3 Å². The van der Waals surface area contributed by atoms with Crippen molar-refractivity contribution in [2.75, 3.05) is 6.54 Å². The Bertz CT molecular complexity index is 1510. The molecule has 9 nitrogen and oxygen atoms in total. The van der Waals surface area contributed by atoms with E-state index in [-0.39, 0.29) is 12.3 Å². The second-order valence-electron chi connectivity index (χ2n) is 10.2. The average molecular weight is 588 g/mol. The van der Waals surface area contributed by atoms with Gasteiger partial charge in [-0.05, 0) is 41.3 Å². The van der Waals surface area contributed by atoms with Crippen molar-refractivity contribution in [3.8, 4) is 0 Å². The molecule has 0 fully saturated rings. The zero-order valence-corrected chi connectivity index (χ0v) is 23.8. The highest BCUT2D eigenvalue weighted by atomic mass is 35.5. The molecule has 42 heavy (non-hydrogen) atoms. The topological polar surface area (TPSA) is 124 Å². The molecule has 3 aromatic carbocycles. The van der Waals surface area contributed by atoms with Crippen LogP contribution >= 0.6 is 11.6 Å². The lowest BCUT2D eigenvalue weighted by atomic mass is 9.96. The predicted molar refractivity (Wildman–Crippen MR) is 157 cm³/mol. The van der Waals surface area contributed by atoms with Crippen molar-refractivity contribution in [2.45, 2.75) is 32.4 Å². The van der Waals surface area contributed by atoms with Crippen molar-refractivity contribution in [1.82, 2.24) is 15.1 Å². The van der Waals surface area contributed by atoms with E-state index in [1.807, 2.05) is 0 Å². The standard InChI is InChI=1S/C32H30ClN3O6/c1-20(2)28-31(40)35(19-27(37)34-25(29(38)32(41)42)17-21-9-5-3-6-10-21)26(22-11-7-4-8-12-22)18-36(28)30(39)23-13-15-24(33)16-14-23/h3-16,18,20,25,28H,17,19H2,1-2H3,(H,34,37)(H,41,42)/t25-,28-/m0/s1. The Labute approximate surface area is 248 Å². The molecule has 1 heterocycles. The number of ketones is 1. The summed E-state index contributed by atoms with van der Waals surface area (Å²) in [6.07, 6.45) is 1.51. The number of amides is 3. The van der Waals surface area contributed by atoms with Crippen LogP contribution in [-0.4, -0.2) is 63.0 Å². The number of halogens is 1. The first kappa shape index (κ1) is 30.2. The van der Waals surface area contributed by atoms with Crippen LogP contribution in [0.15, 0.2) is 91.1 Å². The molecule has 216 valence electrons. The molecule has 0 unspecified atom stereocenters. The number of carbonyl (C=O) groups is 5. The van der Waals surface area contributed by atoms with Gasteiger partial charge in [-0.1, -0.05) is 86.1 Å². The molecule has 0 spiro atoms. The lowest BCUT2D eigenvalue weighted by molar-refractivity contribution is -0.150. The molecule has 1 aliphatic rings. The zero-order chi connectivity index (χ0) is 30.4. The number of hydrogen-bond donors (Lipinski definition) is 2. The van der Waals surface area contributed by atoms with Crippen LogP contribution < -0.4 is 5.32 Å². The summed E-state index contributed by atoms with van der Waals surface area (Å²) in [7, 11) is 0. The van der Waals surface area contributed by atoms with Crippen molar-refractivity contribution in [2.24, 2.45) is 5.92 Å². The number of rotatable bonds is 10. The maximum absolute atomic E-state index is 14.0. The minimum Gasteiger partial charge on any atom is -0.475 e. The summed E-state index contributed by atoms with van der Waals surface area (Å²) in [6.45, 7) is 3.10. The first-order valence-electron chi connectivity index (χ1n) is 13.3. The number of carbonyl (C=O) groups excluding carboxylic acids is 4. The first-order chi connectivity index (χ1) is 20.1. The van der Waals surface area contributed by atoms with E-state index in [2.05, 4.69) is 5.32 Å². The summed E-state index contributed by atoms with van der Waals surface area (Å²) in [5, 5.41) is 12.3. The van der Waals surface area contributed by atoms with Crippen LogP contribution in [0.25, 0.3) is 5.70 Å². The lowest BCUT2D eigenvalue weighted by Crippen LogP contribution is -2.57. The van der Waals surface area contributed by atoms with E-state index in [0.29, 0.717) is 27.4 Å². The van der Waals surface area contributed by atoms with Crippen LogP contribution in [0.5, 0.6) is 0 Å². The Morgan fingerprint density at radius 3 is 2.07 bits per heavy atom. The van der Waals surface area contributed by atoms with Crippen LogP contribution in [-0.2, 0) is 25.6 Å². The number of hydrogen-bond acceptors (Lipinski definition) is 5. The van der Waals surface area contributed by atoms with Gasteiger partial charge in [0, 0.05) is 23.2 Å². The summed E-state index contributed by atoms with van der Waals surface area (Å²) in [6, 6.07) is 21.6. The molecule has 4 rings (SSSR count). The number of carboxylic acid groups (broad SMARTS) is 1. The quantitative estimate of drug-likeness (QED) is 0.345. The molecule has 1 aliphatic heterocycles. The molecule has 0 aromatic heterocycles. The maximum Gasteiger partial charge on any atom is 0.374 e. The van der Waals surface area contributed by atoms with Gasteiger partial charge in [-0.3, -0.25) is 24.1 Å². The summed E-state index contributed by atoms with van der Waals surface area (Å²) < 4.78 is 0. The summed E-state index contributed by atoms with van der Waals surface area (Å²) in [5.74, 6) is -4.80. The van der Waals surface area contributed by atoms with Gasteiger partial charge in [-0.2, -0.15) is 0 Å². The molecule has 2 N–H and O–H groups in total. The molecule has 0 saturated carbocycles. The fourth-order valence-electron chi connectivity index (χ4n) is 4.81. The van der Waals surface area contributed by atoms with Crippen molar-refractivity contribution >= 4 is 46.8 Å². The third-order valence-corrected chi connectivity index (χ3v) is 7.10. The van der Waals surface area contributed by atoms with E-state index >= 15 is 0 Å². The van der Waals surface area contributed by atoms with Gasteiger partial charge >= 0.3 is 5.97 Å². The number of nitrogens with zero attached hydrogens (tertiary/aromatic N) is 2. The van der Waals surface area contributed by atoms with Crippen LogP contribution in [0.3, 0.4) is 0 Å². The average Bonchev–Trinajstić information content (AvgIpc) is 2.98. The number of benzene rings is 3. The summed E-state index contributed by atoms with van der Waals surface area (Å²) >= 11 is 6.00. The van der Waals surface area contributed by atoms with Gasteiger partial charge in [0.2, 0.25) is 5.91 Å². The molecule has 3 aromatic rings. The Morgan fingerprint density at radius 2 is 1.50 bits per heavy atom. The van der Waals surface area contributed by atoms with Crippen molar-refractivity contribution in [1.29, 1.82) is 0 Å². The lowest BCUT2D eigenvalue weighted by Gasteiger charge is -2.41. The van der Waals surface area contributed by atoms with Gasteiger partial charge in [0.25, 0.3) is 17.6 Å². The highest BCUT2D eigenvalue weighted by Gasteiger charge is 2.41. The second kappa shape index (κ2) is 13.3. The number of carboxylic acids is 1. The van der Waals surface area contributed by atoms with E-state index in [1.54, 1.807) is 105 Å². The number of nitrogens with one attached hydrogen (secondary N) is 1. The molecule has 2 atom stereocenters. The monoisotopic (exact) mass is 587 g/mol. The highest BCUT2D eigenvalue weighted by molar-refractivity contribution is 6.35. The van der Waals surface area contributed by atoms with Crippen molar-refractivity contribution in [3.63, 3.8) is 0 Å². The van der Waals surface area contributed by atoms with E-state index in [1.165, 1.54) is 9.80 Å². The summed E-state index contributed by atoms with van der Waals surface area (Å²) in [4.78, 5) is 67.7. The molecule has 0 radical (unpaired) electrons. The molecule has 3 amide bonds. The fraction of sp³-hybridized carbons (Fsp3) is 0.219. The Kier molecular flexibility index (Phi) is 9.54. The minimum atomic E-state index is -1.67. The van der Waals surface area contributed by atoms with Gasteiger partial charge in [-0.15, -0.1) is 0 Å².